The molecule has 106 valence electrons. The zero-order valence-corrected chi connectivity index (χ0v) is 13.2. The molecule has 21 heavy (non-hydrogen) atoms. The van der Waals surface area contributed by atoms with Crippen LogP contribution in [0.25, 0.3) is 10.8 Å². The van der Waals surface area contributed by atoms with Crippen molar-refractivity contribution in [3.05, 3.63) is 70.7 Å². The first-order valence-electron chi connectivity index (χ1n) is 6.78. The van der Waals surface area contributed by atoms with E-state index in [4.69, 9.17) is 4.74 Å². The predicted molar refractivity (Wildman–Crippen MR) is 88.8 cm³/mol. The summed E-state index contributed by atoms with van der Waals surface area (Å²) < 4.78 is 6.87. The molecule has 0 radical (unpaired) electrons. The molecule has 0 heterocycles. The molecule has 3 rings (SSSR count). The fourth-order valence-electron chi connectivity index (χ4n) is 2.23. The van der Waals surface area contributed by atoms with Gasteiger partial charge in [0.25, 0.3) is 0 Å². The molecule has 0 fully saturated rings. The van der Waals surface area contributed by atoms with Gasteiger partial charge in [0.1, 0.15) is 11.5 Å². The highest BCUT2D eigenvalue weighted by atomic mass is 79.9. The highest BCUT2D eigenvalue weighted by Gasteiger charge is 2.07. The molecule has 1 atom stereocenters. The van der Waals surface area contributed by atoms with Crippen molar-refractivity contribution < 1.29 is 9.84 Å². The average Bonchev–Trinajstić information content (AvgIpc) is 2.51. The molecule has 0 aromatic heterocycles. The van der Waals surface area contributed by atoms with Crippen molar-refractivity contribution >= 4 is 26.7 Å². The Bertz CT molecular complexity index is 764. The minimum absolute atomic E-state index is 0.466. The van der Waals surface area contributed by atoms with Crippen LogP contribution in [0.15, 0.2) is 65.1 Å². The summed E-state index contributed by atoms with van der Waals surface area (Å²) >= 11 is 3.61. The fourth-order valence-corrected chi connectivity index (χ4v) is 2.81. The van der Waals surface area contributed by atoms with Crippen LogP contribution < -0.4 is 4.74 Å². The van der Waals surface area contributed by atoms with Crippen LogP contribution in [-0.4, -0.2) is 5.11 Å². The Morgan fingerprint density at radius 3 is 2.38 bits per heavy atom. The van der Waals surface area contributed by atoms with E-state index in [1.165, 1.54) is 5.39 Å². The van der Waals surface area contributed by atoms with Crippen LogP contribution in [-0.2, 0) is 0 Å². The highest BCUT2D eigenvalue weighted by molar-refractivity contribution is 9.10. The maximum Gasteiger partial charge on any atom is 0.142 e. The van der Waals surface area contributed by atoms with Gasteiger partial charge in [-0.25, -0.2) is 0 Å². The van der Waals surface area contributed by atoms with Crippen molar-refractivity contribution in [1.29, 1.82) is 0 Å². The van der Waals surface area contributed by atoms with Crippen LogP contribution in [0.1, 0.15) is 18.6 Å². The second-order valence-electron chi connectivity index (χ2n) is 4.95. The second kappa shape index (κ2) is 5.88. The number of hydrogen-bond acceptors (Lipinski definition) is 2. The van der Waals surface area contributed by atoms with E-state index < -0.39 is 6.10 Å². The van der Waals surface area contributed by atoms with Crippen LogP contribution in [0, 0.1) is 0 Å². The number of hydrogen-bond donors (Lipinski definition) is 1. The normalized spacial score (nSPS) is 12.3. The number of rotatable bonds is 3. The van der Waals surface area contributed by atoms with Crippen molar-refractivity contribution in [2.24, 2.45) is 0 Å². The predicted octanol–water partition coefficient (Wildman–Crippen LogP) is 5.45. The number of aliphatic hydroxyl groups is 1. The standard InChI is InChI=1S/C18H15BrO2/c1-12(20)13-6-9-15(10-7-13)21-17-11-8-14-4-2-3-5-16(14)18(17)19/h2-12,20H,1H3. The topological polar surface area (TPSA) is 29.5 Å². The van der Waals surface area contributed by atoms with Crippen LogP contribution in [0.3, 0.4) is 0 Å². The lowest BCUT2D eigenvalue weighted by molar-refractivity contribution is 0.199. The van der Waals surface area contributed by atoms with Crippen molar-refractivity contribution in [2.75, 3.05) is 0 Å². The molecule has 0 aliphatic rings. The van der Waals surface area contributed by atoms with Crippen molar-refractivity contribution in [3.63, 3.8) is 0 Å². The van der Waals surface area contributed by atoms with Gasteiger partial charge in [-0.2, -0.15) is 0 Å². The summed E-state index contributed by atoms with van der Waals surface area (Å²) in [6.45, 7) is 1.75. The summed E-state index contributed by atoms with van der Waals surface area (Å²) in [5.41, 5.74) is 0.875. The molecule has 0 spiro atoms. The summed E-state index contributed by atoms with van der Waals surface area (Å²) in [6, 6.07) is 19.6. The summed E-state index contributed by atoms with van der Waals surface area (Å²) in [5.74, 6) is 1.52. The Morgan fingerprint density at radius 2 is 1.67 bits per heavy atom. The van der Waals surface area contributed by atoms with Gasteiger partial charge in [0, 0.05) is 0 Å². The molecule has 1 N–H and O–H groups in total. The Balaban J connectivity index is 1.92. The summed E-state index contributed by atoms with van der Waals surface area (Å²) in [5, 5.41) is 11.8. The SMILES string of the molecule is CC(O)c1ccc(Oc2ccc3ccccc3c2Br)cc1. The quantitative estimate of drug-likeness (QED) is 0.685. The zero-order valence-electron chi connectivity index (χ0n) is 11.6. The summed E-state index contributed by atoms with van der Waals surface area (Å²) in [6.07, 6.45) is -0.466. The molecule has 0 aliphatic heterocycles. The molecule has 0 amide bonds. The fraction of sp³-hybridized carbons (Fsp3) is 0.111. The van der Waals surface area contributed by atoms with Gasteiger partial charge in [-0.1, -0.05) is 42.5 Å². The van der Waals surface area contributed by atoms with Gasteiger partial charge < -0.3 is 9.84 Å². The lowest BCUT2D eigenvalue weighted by atomic mass is 10.1. The molecule has 0 aliphatic carbocycles. The van der Waals surface area contributed by atoms with Gasteiger partial charge in [0.15, 0.2) is 0 Å². The van der Waals surface area contributed by atoms with Crippen molar-refractivity contribution in [2.45, 2.75) is 13.0 Å². The van der Waals surface area contributed by atoms with Gasteiger partial charge >= 0.3 is 0 Å². The van der Waals surface area contributed by atoms with Gasteiger partial charge in [0.05, 0.1) is 10.6 Å². The van der Waals surface area contributed by atoms with Crippen LogP contribution in [0.2, 0.25) is 0 Å². The van der Waals surface area contributed by atoms with E-state index in [1.54, 1.807) is 6.92 Å². The second-order valence-corrected chi connectivity index (χ2v) is 5.74. The van der Waals surface area contributed by atoms with E-state index in [1.807, 2.05) is 48.5 Å². The van der Waals surface area contributed by atoms with E-state index in [-0.39, 0.29) is 0 Å². The maximum absolute atomic E-state index is 9.52. The first-order chi connectivity index (χ1) is 10.1. The number of benzene rings is 3. The molecular formula is C18H15BrO2. The van der Waals surface area contributed by atoms with Crippen LogP contribution in [0.5, 0.6) is 11.5 Å². The molecule has 3 aromatic rings. The van der Waals surface area contributed by atoms with Gasteiger partial charge in [-0.3, -0.25) is 0 Å². The van der Waals surface area contributed by atoms with E-state index in [0.717, 1.165) is 26.9 Å². The molecule has 0 saturated heterocycles. The molecule has 0 saturated carbocycles. The van der Waals surface area contributed by atoms with E-state index in [0.29, 0.717) is 0 Å². The molecule has 3 heteroatoms. The minimum atomic E-state index is -0.466. The zero-order chi connectivity index (χ0) is 14.8. The molecule has 0 bridgehead atoms. The average molecular weight is 343 g/mol. The minimum Gasteiger partial charge on any atom is -0.456 e. The Kier molecular flexibility index (Phi) is 3.95. The first kappa shape index (κ1) is 14.1. The molecule has 2 nitrogen and oxygen atoms in total. The lowest BCUT2D eigenvalue weighted by Crippen LogP contribution is -1.91. The number of halogens is 1. The third-order valence-electron chi connectivity index (χ3n) is 3.42. The van der Waals surface area contributed by atoms with Crippen molar-refractivity contribution in [1.82, 2.24) is 0 Å². The first-order valence-corrected chi connectivity index (χ1v) is 7.57. The monoisotopic (exact) mass is 342 g/mol. The van der Waals surface area contributed by atoms with Crippen molar-refractivity contribution in [3.8, 4) is 11.5 Å². The number of aliphatic hydroxyl groups excluding tert-OH is 1. The summed E-state index contributed by atoms with van der Waals surface area (Å²) in [7, 11) is 0. The largest absolute Gasteiger partial charge is 0.456 e. The molecular weight excluding hydrogens is 328 g/mol. The number of fused-ring (bicyclic) bond motifs is 1. The maximum atomic E-state index is 9.52. The van der Waals surface area contributed by atoms with E-state index in [2.05, 4.69) is 28.1 Å². The number of ether oxygens (including phenoxy) is 1. The third kappa shape index (κ3) is 2.94. The van der Waals surface area contributed by atoms with Crippen LogP contribution in [0.4, 0.5) is 0 Å². The van der Waals surface area contributed by atoms with Gasteiger partial charge in [-0.05, 0) is 57.4 Å². The summed E-state index contributed by atoms with van der Waals surface area (Å²) in [4.78, 5) is 0. The van der Waals surface area contributed by atoms with E-state index >= 15 is 0 Å². The third-order valence-corrected chi connectivity index (χ3v) is 4.24. The molecule has 1 unspecified atom stereocenters. The van der Waals surface area contributed by atoms with Crippen LogP contribution >= 0.6 is 15.9 Å². The Hall–Kier alpha value is -1.84. The lowest BCUT2D eigenvalue weighted by Gasteiger charge is -2.11. The highest BCUT2D eigenvalue weighted by Crippen LogP contribution is 2.35. The Morgan fingerprint density at radius 1 is 0.952 bits per heavy atom. The molecule has 3 aromatic carbocycles. The van der Waals surface area contributed by atoms with E-state index in [9.17, 15) is 5.11 Å². The van der Waals surface area contributed by atoms with Gasteiger partial charge in [-0.15, -0.1) is 0 Å². The van der Waals surface area contributed by atoms with Gasteiger partial charge in [0.2, 0.25) is 0 Å². The smallest absolute Gasteiger partial charge is 0.142 e. The Labute approximate surface area is 132 Å².